The summed E-state index contributed by atoms with van der Waals surface area (Å²) in [5.41, 5.74) is 0.169. The minimum Gasteiger partial charge on any atom is -0.465 e. The SMILES string of the molecule is COC(=O)c1ccccc1NS(=O)(=O)c1cnc(Cl)c(Cl)c1. The highest BCUT2D eigenvalue weighted by Gasteiger charge is 2.20. The number of rotatable bonds is 4. The van der Waals surface area contributed by atoms with Crippen molar-refractivity contribution in [1.29, 1.82) is 0 Å². The monoisotopic (exact) mass is 360 g/mol. The van der Waals surface area contributed by atoms with E-state index in [1.807, 2.05) is 0 Å². The van der Waals surface area contributed by atoms with E-state index in [2.05, 4.69) is 14.4 Å². The van der Waals surface area contributed by atoms with E-state index in [0.717, 1.165) is 6.20 Å². The molecule has 0 bridgehead atoms. The molecule has 6 nitrogen and oxygen atoms in total. The van der Waals surface area contributed by atoms with Crippen LogP contribution in [0.1, 0.15) is 10.4 Å². The number of aromatic nitrogens is 1. The van der Waals surface area contributed by atoms with Gasteiger partial charge in [0, 0.05) is 6.20 Å². The largest absolute Gasteiger partial charge is 0.465 e. The highest BCUT2D eigenvalue weighted by Crippen LogP contribution is 2.25. The standard InChI is InChI=1S/C13H10Cl2N2O4S/c1-21-13(18)9-4-2-3-5-11(9)17-22(19,20)8-6-10(14)12(15)16-7-8/h2-7,17H,1H3. The van der Waals surface area contributed by atoms with Crippen LogP contribution in [0.25, 0.3) is 0 Å². The van der Waals surface area contributed by atoms with E-state index in [4.69, 9.17) is 23.2 Å². The Morgan fingerprint density at radius 3 is 2.59 bits per heavy atom. The number of nitrogens with zero attached hydrogens (tertiary/aromatic N) is 1. The van der Waals surface area contributed by atoms with Gasteiger partial charge in [0.25, 0.3) is 10.0 Å². The van der Waals surface area contributed by atoms with E-state index in [0.29, 0.717) is 0 Å². The van der Waals surface area contributed by atoms with Gasteiger partial charge in [-0.25, -0.2) is 18.2 Å². The third kappa shape index (κ3) is 3.49. The van der Waals surface area contributed by atoms with E-state index in [-0.39, 0.29) is 26.3 Å². The maximum atomic E-state index is 12.3. The molecule has 0 saturated heterocycles. The van der Waals surface area contributed by atoms with Gasteiger partial charge in [-0.15, -0.1) is 0 Å². The first kappa shape index (κ1) is 16.5. The molecule has 0 aliphatic heterocycles. The highest BCUT2D eigenvalue weighted by molar-refractivity contribution is 7.92. The molecule has 2 aromatic rings. The van der Waals surface area contributed by atoms with Gasteiger partial charge >= 0.3 is 5.97 Å². The number of ether oxygens (including phenoxy) is 1. The first-order valence-electron chi connectivity index (χ1n) is 5.86. The van der Waals surface area contributed by atoms with Gasteiger partial charge in [-0.1, -0.05) is 35.3 Å². The van der Waals surface area contributed by atoms with Crippen molar-refractivity contribution in [3.8, 4) is 0 Å². The Kier molecular flexibility index (Phi) is 4.90. The van der Waals surface area contributed by atoms with Crippen molar-refractivity contribution in [2.75, 3.05) is 11.8 Å². The molecule has 22 heavy (non-hydrogen) atoms. The summed E-state index contributed by atoms with van der Waals surface area (Å²) in [6, 6.07) is 7.22. The molecular weight excluding hydrogens is 351 g/mol. The fourth-order valence-electron chi connectivity index (χ4n) is 1.61. The number of carbonyl (C=O) groups excluding carboxylic acids is 1. The fraction of sp³-hybridized carbons (Fsp3) is 0.0769. The zero-order valence-electron chi connectivity index (χ0n) is 11.2. The van der Waals surface area contributed by atoms with Crippen LogP contribution in [0.2, 0.25) is 10.2 Å². The third-order valence-corrected chi connectivity index (χ3v) is 4.68. The summed E-state index contributed by atoms with van der Waals surface area (Å²) in [5.74, 6) is -0.662. The average Bonchev–Trinajstić information content (AvgIpc) is 2.49. The average molecular weight is 361 g/mol. The predicted molar refractivity (Wildman–Crippen MR) is 82.8 cm³/mol. The van der Waals surface area contributed by atoms with Gasteiger partial charge in [-0.3, -0.25) is 4.72 Å². The minimum atomic E-state index is -3.98. The molecule has 0 saturated carbocycles. The van der Waals surface area contributed by atoms with Crippen LogP contribution in [0.3, 0.4) is 0 Å². The number of benzene rings is 1. The molecule has 0 unspecified atom stereocenters. The molecular formula is C13H10Cl2N2O4S. The smallest absolute Gasteiger partial charge is 0.339 e. The number of anilines is 1. The van der Waals surface area contributed by atoms with Gasteiger partial charge in [0.05, 0.1) is 23.4 Å². The number of para-hydroxylation sites is 1. The van der Waals surface area contributed by atoms with Crippen molar-refractivity contribution >= 4 is 44.9 Å². The normalized spacial score (nSPS) is 11.0. The van der Waals surface area contributed by atoms with Crippen molar-refractivity contribution in [2.24, 2.45) is 0 Å². The van der Waals surface area contributed by atoms with Crippen LogP contribution in [0.15, 0.2) is 41.4 Å². The van der Waals surface area contributed by atoms with Crippen molar-refractivity contribution in [2.45, 2.75) is 4.90 Å². The Morgan fingerprint density at radius 2 is 1.95 bits per heavy atom. The number of hydrogen-bond acceptors (Lipinski definition) is 5. The van der Waals surface area contributed by atoms with Crippen LogP contribution in [-0.4, -0.2) is 26.5 Å². The molecule has 0 atom stereocenters. The molecule has 0 radical (unpaired) electrons. The predicted octanol–water partition coefficient (Wildman–Crippen LogP) is 2.98. The summed E-state index contributed by atoms with van der Waals surface area (Å²) in [5, 5.41) is 0.00127. The number of carbonyl (C=O) groups is 1. The zero-order chi connectivity index (χ0) is 16.3. The summed E-state index contributed by atoms with van der Waals surface area (Å²) in [4.78, 5) is 15.2. The Hall–Kier alpha value is -1.83. The molecule has 0 fully saturated rings. The van der Waals surface area contributed by atoms with Crippen LogP contribution in [-0.2, 0) is 14.8 Å². The molecule has 2 rings (SSSR count). The highest BCUT2D eigenvalue weighted by atomic mass is 35.5. The second kappa shape index (κ2) is 6.51. The maximum Gasteiger partial charge on any atom is 0.339 e. The zero-order valence-corrected chi connectivity index (χ0v) is 13.5. The van der Waals surface area contributed by atoms with Crippen molar-refractivity contribution in [1.82, 2.24) is 4.98 Å². The van der Waals surface area contributed by atoms with Crippen molar-refractivity contribution in [3.63, 3.8) is 0 Å². The fourth-order valence-corrected chi connectivity index (χ4v) is 3.00. The van der Waals surface area contributed by atoms with E-state index < -0.39 is 16.0 Å². The van der Waals surface area contributed by atoms with Crippen molar-refractivity contribution < 1.29 is 17.9 Å². The molecule has 9 heteroatoms. The minimum absolute atomic E-state index is 0.00409. The Labute approximate surface area is 137 Å². The Morgan fingerprint density at radius 1 is 1.27 bits per heavy atom. The lowest BCUT2D eigenvalue weighted by Crippen LogP contribution is -2.16. The first-order valence-corrected chi connectivity index (χ1v) is 8.10. The van der Waals surface area contributed by atoms with Gasteiger partial charge in [-0.2, -0.15) is 0 Å². The van der Waals surface area contributed by atoms with E-state index >= 15 is 0 Å². The van der Waals surface area contributed by atoms with Gasteiger partial charge in [0.15, 0.2) is 0 Å². The summed E-state index contributed by atoms with van der Waals surface area (Å²) >= 11 is 11.4. The van der Waals surface area contributed by atoms with E-state index in [1.165, 1.54) is 25.3 Å². The quantitative estimate of drug-likeness (QED) is 0.669. The van der Waals surface area contributed by atoms with Gasteiger partial charge < -0.3 is 4.74 Å². The first-order chi connectivity index (χ1) is 10.3. The molecule has 0 amide bonds. The van der Waals surface area contributed by atoms with Gasteiger partial charge in [-0.05, 0) is 18.2 Å². The number of nitrogens with one attached hydrogen (secondary N) is 1. The molecule has 0 spiro atoms. The lowest BCUT2D eigenvalue weighted by atomic mass is 10.2. The van der Waals surface area contributed by atoms with E-state index in [1.54, 1.807) is 12.1 Å². The number of halogens is 2. The van der Waals surface area contributed by atoms with Crippen molar-refractivity contribution in [3.05, 3.63) is 52.3 Å². The second-order valence-electron chi connectivity index (χ2n) is 4.09. The van der Waals surface area contributed by atoms with Gasteiger partial charge in [0.1, 0.15) is 10.0 Å². The molecule has 1 heterocycles. The maximum absolute atomic E-state index is 12.3. The number of sulfonamides is 1. The molecule has 1 aromatic carbocycles. The van der Waals surface area contributed by atoms with Crippen LogP contribution >= 0.6 is 23.2 Å². The lowest BCUT2D eigenvalue weighted by molar-refractivity contribution is 0.0602. The van der Waals surface area contributed by atoms with Crippen LogP contribution < -0.4 is 4.72 Å². The van der Waals surface area contributed by atoms with E-state index in [9.17, 15) is 13.2 Å². The third-order valence-electron chi connectivity index (χ3n) is 2.66. The summed E-state index contributed by atoms with van der Waals surface area (Å²) < 4.78 is 31.5. The molecule has 1 N–H and O–H groups in total. The molecule has 0 aliphatic rings. The number of methoxy groups -OCH3 is 1. The van der Waals surface area contributed by atoms with Crippen LogP contribution in [0.4, 0.5) is 5.69 Å². The number of hydrogen-bond donors (Lipinski definition) is 1. The lowest BCUT2D eigenvalue weighted by Gasteiger charge is -2.11. The molecule has 116 valence electrons. The Bertz CT molecular complexity index is 825. The Balaban J connectivity index is 2.41. The molecule has 0 aliphatic carbocycles. The molecule has 1 aromatic heterocycles. The summed E-state index contributed by atoms with van der Waals surface area (Å²) in [6.45, 7) is 0. The summed E-state index contributed by atoms with van der Waals surface area (Å²) in [6.07, 6.45) is 1.07. The topological polar surface area (TPSA) is 85.4 Å². The van der Waals surface area contributed by atoms with Gasteiger partial charge in [0.2, 0.25) is 0 Å². The summed E-state index contributed by atoms with van der Waals surface area (Å²) in [7, 11) is -2.78. The van der Waals surface area contributed by atoms with Crippen LogP contribution in [0.5, 0.6) is 0 Å². The number of esters is 1. The van der Waals surface area contributed by atoms with Crippen LogP contribution in [0, 0.1) is 0 Å². The second-order valence-corrected chi connectivity index (χ2v) is 6.53. The number of pyridine rings is 1.